The van der Waals surface area contributed by atoms with Gasteiger partial charge < -0.3 is 9.32 Å². The molecule has 0 bridgehead atoms. The lowest BCUT2D eigenvalue weighted by atomic mass is 10.00. The molecule has 0 radical (unpaired) electrons. The number of hydrogen-bond acceptors (Lipinski definition) is 3. The van der Waals surface area contributed by atoms with Crippen LogP contribution in [0.5, 0.6) is 0 Å². The molecule has 0 N–H and O–H groups in total. The van der Waals surface area contributed by atoms with Crippen molar-refractivity contribution in [2.24, 2.45) is 0 Å². The number of rotatable bonds is 4. The van der Waals surface area contributed by atoms with Crippen molar-refractivity contribution in [2.75, 3.05) is 4.90 Å². The number of furan rings is 1. The number of thiophene rings is 1. The Morgan fingerprint density at radius 2 is 1.06 bits per heavy atom. The number of para-hydroxylation sites is 1. The van der Waals surface area contributed by atoms with E-state index < -0.39 is 0 Å². The van der Waals surface area contributed by atoms with Gasteiger partial charge in [-0.2, -0.15) is 0 Å². The number of nitrogens with zero attached hydrogens (tertiary/aromatic N) is 1. The van der Waals surface area contributed by atoms with E-state index in [0.717, 1.165) is 39.0 Å². The summed E-state index contributed by atoms with van der Waals surface area (Å²) in [6, 6.07) is 59.1. The molecule has 10 rings (SSSR count). The molecule has 0 aliphatic rings. The Labute approximate surface area is 275 Å². The predicted molar refractivity (Wildman–Crippen MR) is 202 cm³/mol. The summed E-state index contributed by atoms with van der Waals surface area (Å²) in [4.78, 5) is 2.38. The van der Waals surface area contributed by atoms with Crippen LogP contribution in [0.2, 0.25) is 0 Å². The fraction of sp³-hybridized carbons (Fsp3) is 0. The average Bonchev–Trinajstić information content (AvgIpc) is 3.70. The maximum atomic E-state index is 6.35. The summed E-state index contributed by atoms with van der Waals surface area (Å²) >= 11 is 1.86. The van der Waals surface area contributed by atoms with Crippen LogP contribution in [0, 0.1) is 0 Å². The zero-order chi connectivity index (χ0) is 30.9. The highest BCUT2D eigenvalue weighted by Crippen LogP contribution is 2.44. The minimum atomic E-state index is 0.883. The monoisotopic (exact) mass is 617 g/mol. The summed E-state index contributed by atoms with van der Waals surface area (Å²) in [5, 5.41) is 9.84. The van der Waals surface area contributed by atoms with Crippen molar-refractivity contribution in [3.63, 3.8) is 0 Å². The molecule has 0 saturated heterocycles. The minimum absolute atomic E-state index is 0.883. The van der Waals surface area contributed by atoms with Crippen molar-refractivity contribution in [3.8, 4) is 11.1 Å². The second-order valence-electron chi connectivity index (χ2n) is 12.1. The Morgan fingerprint density at radius 1 is 0.404 bits per heavy atom. The highest BCUT2D eigenvalue weighted by molar-refractivity contribution is 7.25. The van der Waals surface area contributed by atoms with E-state index in [-0.39, 0.29) is 0 Å². The summed E-state index contributed by atoms with van der Waals surface area (Å²) in [6.45, 7) is 0. The fourth-order valence-corrected chi connectivity index (χ4v) is 8.35. The second-order valence-corrected chi connectivity index (χ2v) is 13.2. The SMILES string of the molecule is c1ccc2c(c1)ccc1ccc(N(c3ccc(-c4ccc5c(c4)sc4ccccc45)cc3)c3cccc4oc5ccccc5c34)cc12. The van der Waals surface area contributed by atoms with Crippen LogP contribution in [0.15, 0.2) is 168 Å². The summed E-state index contributed by atoms with van der Waals surface area (Å²) in [5.41, 5.74) is 7.48. The van der Waals surface area contributed by atoms with Crippen LogP contribution in [-0.2, 0) is 0 Å². The summed E-state index contributed by atoms with van der Waals surface area (Å²) < 4.78 is 9.00. The molecule has 220 valence electrons. The van der Waals surface area contributed by atoms with E-state index in [9.17, 15) is 0 Å². The maximum absolute atomic E-state index is 6.35. The second kappa shape index (κ2) is 10.3. The topological polar surface area (TPSA) is 16.4 Å². The van der Waals surface area contributed by atoms with Crippen LogP contribution in [-0.4, -0.2) is 0 Å². The molecule has 3 heteroatoms. The lowest BCUT2D eigenvalue weighted by molar-refractivity contribution is 0.669. The van der Waals surface area contributed by atoms with Crippen molar-refractivity contribution in [3.05, 3.63) is 164 Å². The van der Waals surface area contributed by atoms with Crippen molar-refractivity contribution in [2.45, 2.75) is 0 Å². The average molecular weight is 618 g/mol. The molecule has 0 amide bonds. The smallest absolute Gasteiger partial charge is 0.137 e. The molecular weight excluding hydrogens is 591 g/mol. The maximum Gasteiger partial charge on any atom is 0.137 e. The van der Waals surface area contributed by atoms with E-state index in [0.29, 0.717) is 0 Å². The van der Waals surface area contributed by atoms with Crippen molar-refractivity contribution in [1.82, 2.24) is 0 Å². The van der Waals surface area contributed by atoms with Gasteiger partial charge in [0.15, 0.2) is 0 Å². The summed E-state index contributed by atoms with van der Waals surface area (Å²) in [5.74, 6) is 0. The highest BCUT2D eigenvalue weighted by atomic mass is 32.1. The third-order valence-corrected chi connectivity index (χ3v) is 10.6. The molecule has 0 saturated carbocycles. The molecule has 0 aliphatic heterocycles. The lowest BCUT2D eigenvalue weighted by Crippen LogP contribution is -2.10. The van der Waals surface area contributed by atoms with Crippen LogP contribution in [0.3, 0.4) is 0 Å². The quantitative estimate of drug-likeness (QED) is 0.183. The normalized spacial score (nSPS) is 11.8. The summed E-state index contributed by atoms with van der Waals surface area (Å²) in [7, 11) is 0. The Balaban J connectivity index is 1.16. The van der Waals surface area contributed by atoms with E-state index in [1.165, 1.54) is 52.8 Å². The third-order valence-electron chi connectivity index (χ3n) is 9.45. The van der Waals surface area contributed by atoms with Gasteiger partial charge in [0, 0.05) is 36.9 Å². The van der Waals surface area contributed by atoms with Crippen molar-refractivity contribution >= 4 is 92.1 Å². The first kappa shape index (κ1) is 26.3. The Kier molecular flexibility index (Phi) is 5.78. The fourth-order valence-electron chi connectivity index (χ4n) is 7.21. The van der Waals surface area contributed by atoms with Gasteiger partial charge in [-0.3, -0.25) is 0 Å². The molecule has 10 aromatic rings. The Bertz CT molecular complexity index is 2810. The van der Waals surface area contributed by atoms with Crippen LogP contribution in [0.4, 0.5) is 17.1 Å². The highest BCUT2D eigenvalue weighted by Gasteiger charge is 2.20. The number of fused-ring (bicyclic) bond motifs is 9. The summed E-state index contributed by atoms with van der Waals surface area (Å²) in [6.07, 6.45) is 0. The number of benzene rings is 8. The first-order valence-corrected chi connectivity index (χ1v) is 16.7. The molecule has 2 heterocycles. The van der Waals surface area contributed by atoms with Crippen molar-refractivity contribution < 1.29 is 4.42 Å². The van der Waals surface area contributed by atoms with Crippen LogP contribution >= 0.6 is 11.3 Å². The number of hydrogen-bond donors (Lipinski definition) is 0. The molecule has 47 heavy (non-hydrogen) atoms. The van der Waals surface area contributed by atoms with Crippen LogP contribution in [0.1, 0.15) is 0 Å². The molecular formula is C44H27NOS. The van der Waals surface area contributed by atoms with Crippen LogP contribution < -0.4 is 4.90 Å². The van der Waals surface area contributed by atoms with Gasteiger partial charge in [0.2, 0.25) is 0 Å². The van der Waals surface area contributed by atoms with E-state index in [1.807, 2.05) is 23.5 Å². The van der Waals surface area contributed by atoms with Gasteiger partial charge in [0.05, 0.1) is 11.1 Å². The van der Waals surface area contributed by atoms with Gasteiger partial charge in [-0.15, -0.1) is 11.3 Å². The van der Waals surface area contributed by atoms with Gasteiger partial charge in [-0.05, 0) is 87.3 Å². The first-order chi connectivity index (χ1) is 23.3. The molecule has 0 fully saturated rings. The standard InChI is InChI=1S/C44H27NOS/c1-2-9-34-29(8-1)16-17-30-20-24-33(27-38(30)34)45(39-12-7-14-41-44(39)37-11-3-5-13-40(37)46-41)32-22-18-28(19-23-32)31-21-25-36-35-10-4-6-15-42(35)47-43(36)26-31/h1-27H. The molecule has 2 aromatic heterocycles. The molecule has 0 atom stereocenters. The third kappa shape index (κ3) is 4.17. The van der Waals surface area contributed by atoms with E-state index in [2.05, 4.69) is 157 Å². The van der Waals surface area contributed by atoms with Gasteiger partial charge in [-0.1, -0.05) is 109 Å². The molecule has 0 spiro atoms. The largest absolute Gasteiger partial charge is 0.456 e. The molecule has 0 aliphatic carbocycles. The predicted octanol–water partition coefficient (Wildman–Crippen LogP) is 13.4. The Morgan fingerprint density at radius 3 is 1.96 bits per heavy atom. The zero-order valence-electron chi connectivity index (χ0n) is 25.4. The first-order valence-electron chi connectivity index (χ1n) is 15.9. The van der Waals surface area contributed by atoms with Crippen LogP contribution in [0.25, 0.3) is 74.8 Å². The van der Waals surface area contributed by atoms with Gasteiger partial charge in [0.25, 0.3) is 0 Å². The van der Waals surface area contributed by atoms with Gasteiger partial charge in [0.1, 0.15) is 11.2 Å². The van der Waals surface area contributed by atoms with Crippen molar-refractivity contribution in [1.29, 1.82) is 0 Å². The van der Waals surface area contributed by atoms with E-state index in [1.54, 1.807) is 0 Å². The van der Waals surface area contributed by atoms with Gasteiger partial charge in [-0.25, -0.2) is 0 Å². The lowest BCUT2D eigenvalue weighted by Gasteiger charge is -2.27. The zero-order valence-corrected chi connectivity index (χ0v) is 26.2. The number of anilines is 3. The molecule has 8 aromatic carbocycles. The molecule has 2 nitrogen and oxygen atoms in total. The Hall–Kier alpha value is -5.90. The van der Waals surface area contributed by atoms with Gasteiger partial charge >= 0.3 is 0 Å². The van der Waals surface area contributed by atoms with E-state index >= 15 is 0 Å². The molecule has 0 unspecified atom stereocenters. The van der Waals surface area contributed by atoms with E-state index in [4.69, 9.17) is 4.42 Å². The minimum Gasteiger partial charge on any atom is -0.456 e.